The number of aliphatic hydroxyl groups is 1. The predicted octanol–water partition coefficient (Wildman–Crippen LogP) is 1.05. The Morgan fingerprint density at radius 3 is 2.40 bits per heavy atom. The van der Waals surface area contributed by atoms with E-state index in [1.807, 2.05) is 20.8 Å². The molecule has 0 aromatic rings. The van der Waals surface area contributed by atoms with Crippen molar-refractivity contribution in [1.29, 1.82) is 0 Å². The molecule has 20 heavy (non-hydrogen) atoms. The van der Waals surface area contributed by atoms with Gasteiger partial charge in [0.15, 0.2) is 0 Å². The van der Waals surface area contributed by atoms with Gasteiger partial charge in [0.25, 0.3) is 0 Å². The summed E-state index contributed by atoms with van der Waals surface area (Å²) in [5, 5.41) is 12.4. The van der Waals surface area contributed by atoms with E-state index < -0.39 is 11.0 Å². The zero-order valence-corrected chi connectivity index (χ0v) is 12.7. The first-order chi connectivity index (χ1) is 9.29. The van der Waals surface area contributed by atoms with Gasteiger partial charge in [-0.3, -0.25) is 9.59 Å². The second kappa shape index (κ2) is 5.35. The fourth-order valence-electron chi connectivity index (χ4n) is 2.98. The summed E-state index contributed by atoms with van der Waals surface area (Å²) in [6.07, 6.45) is 4.28. The first-order valence-corrected chi connectivity index (χ1v) is 7.53. The molecule has 114 valence electrons. The lowest BCUT2D eigenvalue weighted by atomic mass is 9.77. The zero-order valence-electron chi connectivity index (χ0n) is 12.7. The van der Waals surface area contributed by atoms with Gasteiger partial charge in [0.1, 0.15) is 6.04 Å². The van der Waals surface area contributed by atoms with Crippen LogP contribution in [-0.2, 0) is 9.59 Å². The Hall–Kier alpha value is -1.10. The van der Waals surface area contributed by atoms with Crippen LogP contribution in [0.1, 0.15) is 52.9 Å². The number of nitrogens with zero attached hydrogens (tertiary/aromatic N) is 1. The van der Waals surface area contributed by atoms with Crippen LogP contribution in [0.4, 0.5) is 0 Å². The van der Waals surface area contributed by atoms with Crippen LogP contribution in [0.3, 0.4) is 0 Å². The van der Waals surface area contributed by atoms with E-state index in [-0.39, 0.29) is 24.5 Å². The van der Waals surface area contributed by atoms with Crippen LogP contribution in [-0.4, -0.2) is 46.6 Å². The number of hydrogen-bond acceptors (Lipinski definition) is 3. The maximum absolute atomic E-state index is 12.4. The van der Waals surface area contributed by atoms with Gasteiger partial charge in [0.2, 0.25) is 11.8 Å². The molecular weight excluding hydrogens is 256 g/mol. The topological polar surface area (TPSA) is 69.6 Å². The van der Waals surface area contributed by atoms with Crippen LogP contribution < -0.4 is 5.32 Å². The normalized spacial score (nSPS) is 25.2. The molecule has 0 spiro atoms. The van der Waals surface area contributed by atoms with E-state index in [9.17, 15) is 14.7 Å². The third-order valence-corrected chi connectivity index (χ3v) is 4.46. The Morgan fingerprint density at radius 1 is 1.30 bits per heavy atom. The van der Waals surface area contributed by atoms with Crippen LogP contribution in [0.25, 0.3) is 0 Å². The van der Waals surface area contributed by atoms with Gasteiger partial charge in [0.05, 0.1) is 12.1 Å². The molecule has 1 aliphatic carbocycles. The lowest BCUT2D eigenvalue weighted by molar-refractivity contribution is -0.145. The molecule has 0 radical (unpaired) electrons. The minimum absolute atomic E-state index is 0.0152. The smallest absolute Gasteiger partial charge is 0.243 e. The summed E-state index contributed by atoms with van der Waals surface area (Å²) in [6.45, 7) is 6.27. The molecule has 0 bridgehead atoms. The summed E-state index contributed by atoms with van der Waals surface area (Å²) >= 11 is 0. The van der Waals surface area contributed by atoms with Crippen molar-refractivity contribution < 1.29 is 14.7 Å². The molecule has 5 nitrogen and oxygen atoms in total. The van der Waals surface area contributed by atoms with Crippen LogP contribution in [0.5, 0.6) is 0 Å². The van der Waals surface area contributed by atoms with E-state index in [1.165, 1.54) is 0 Å². The highest BCUT2D eigenvalue weighted by Crippen LogP contribution is 2.32. The molecular formula is C15H26N2O3. The molecule has 2 amide bonds. The summed E-state index contributed by atoms with van der Waals surface area (Å²) in [6, 6.07) is -0.370. The van der Waals surface area contributed by atoms with Crippen molar-refractivity contribution in [2.24, 2.45) is 5.41 Å². The second-order valence-corrected chi connectivity index (χ2v) is 7.19. The van der Waals surface area contributed by atoms with Crippen molar-refractivity contribution >= 4 is 11.8 Å². The molecule has 1 atom stereocenters. The van der Waals surface area contributed by atoms with Gasteiger partial charge in [-0.15, -0.1) is 0 Å². The van der Waals surface area contributed by atoms with Gasteiger partial charge < -0.3 is 15.3 Å². The molecule has 1 saturated heterocycles. The first kappa shape index (κ1) is 15.3. The van der Waals surface area contributed by atoms with E-state index in [4.69, 9.17) is 0 Å². The second-order valence-electron chi connectivity index (χ2n) is 7.19. The minimum atomic E-state index is -0.464. The SMILES string of the molecule is CC(C)(C)C(=O)N1CCCC1C(=O)NC1(CO)CCC1. The van der Waals surface area contributed by atoms with Crippen molar-refractivity contribution in [2.45, 2.75) is 64.5 Å². The molecule has 2 aliphatic rings. The van der Waals surface area contributed by atoms with E-state index in [0.29, 0.717) is 6.54 Å². The third-order valence-electron chi connectivity index (χ3n) is 4.46. The number of carbonyl (C=O) groups is 2. The van der Waals surface area contributed by atoms with Gasteiger partial charge in [-0.05, 0) is 32.1 Å². The quantitative estimate of drug-likeness (QED) is 0.813. The Morgan fingerprint density at radius 2 is 1.95 bits per heavy atom. The molecule has 0 aromatic heterocycles. The number of rotatable bonds is 3. The van der Waals surface area contributed by atoms with E-state index in [0.717, 1.165) is 32.1 Å². The van der Waals surface area contributed by atoms with Crippen LogP contribution in [0.2, 0.25) is 0 Å². The molecule has 2 N–H and O–H groups in total. The van der Waals surface area contributed by atoms with Gasteiger partial charge in [-0.2, -0.15) is 0 Å². The summed E-state index contributed by atoms with van der Waals surface area (Å²) in [7, 11) is 0. The Bertz CT molecular complexity index is 391. The van der Waals surface area contributed by atoms with Gasteiger partial charge in [0, 0.05) is 12.0 Å². The average Bonchev–Trinajstić information content (AvgIpc) is 2.80. The van der Waals surface area contributed by atoms with Crippen molar-refractivity contribution in [3.05, 3.63) is 0 Å². The molecule has 1 saturated carbocycles. The summed E-state index contributed by atoms with van der Waals surface area (Å²) < 4.78 is 0. The lowest BCUT2D eigenvalue weighted by Gasteiger charge is -2.42. The monoisotopic (exact) mass is 282 g/mol. The molecule has 2 fully saturated rings. The number of carbonyl (C=O) groups excluding carboxylic acids is 2. The van der Waals surface area contributed by atoms with Crippen LogP contribution >= 0.6 is 0 Å². The van der Waals surface area contributed by atoms with Crippen LogP contribution in [0.15, 0.2) is 0 Å². The Kier molecular flexibility index (Phi) is 4.09. The van der Waals surface area contributed by atoms with Crippen molar-refractivity contribution in [3.8, 4) is 0 Å². The molecule has 5 heteroatoms. The van der Waals surface area contributed by atoms with Crippen molar-refractivity contribution in [3.63, 3.8) is 0 Å². The highest BCUT2D eigenvalue weighted by Gasteiger charge is 2.43. The highest BCUT2D eigenvalue weighted by atomic mass is 16.3. The van der Waals surface area contributed by atoms with E-state index >= 15 is 0 Å². The summed E-state index contributed by atoms with van der Waals surface area (Å²) in [5.41, 5.74) is -0.899. The van der Waals surface area contributed by atoms with Crippen LogP contribution in [0, 0.1) is 5.41 Å². The number of nitrogens with one attached hydrogen (secondary N) is 1. The zero-order chi connectivity index (χ0) is 15.0. The molecule has 1 aliphatic heterocycles. The standard InChI is InChI=1S/C15H26N2O3/c1-14(2,3)13(20)17-9-4-6-11(17)12(19)16-15(10-18)7-5-8-15/h11,18H,4-10H2,1-3H3,(H,16,19). The number of hydrogen-bond donors (Lipinski definition) is 2. The largest absolute Gasteiger partial charge is 0.394 e. The minimum Gasteiger partial charge on any atom is -0.394 e. The van der Waals surface area contributed by atoms with Gasteiger partial charge in [-0.1, -0.05) is 20.8 Å². The molecule has 2 rings (SSSR count). The molecule has 0 aromatic carbocycles. The number of aliphatic hydroxyl groups excluding tert-OH is 1. The first-order valence-electron chi connectivity index (χ1n) is 7.53. The maximum Gasteiger partial charge on any atom is 0.243 e. The van der Waals surface area contributed by atoms with Crippen molar-refractivity contribution in [2.75, 3.05) is 13.2 Å². The summed E-state index contributed by atoms with van der Waals surface area (Å²) in [5.74, 6) is -0.0735. The molecule has 1 heterocycles. The third kappa shape index (κ3) is 2.82. The number of amides is 2. The predicted molar refractivity (Wildman–Crippen MR) is 76.0 cm³/mol. The Balaban J connectivity index is 2.03. The fraction of sp³-hybridized carbons (Fsp3) is 0.867. The van der Waals surface area contributed by atoms with E-state index in [1.54, 1.807) is 4.90 Å². The van der Waals surface area contributed by atoms with Crippen molar-refractivity contribution in [1.82, 2.24) is 10.2 Å². The lowest BCUT2D eigenvalue weighted by Crippen LogP contribution is -2.60. The average molecular weight is 282 g/mol. The number of likely N-dealkylation sites (tertiary alicyclic amines) is 1. The molecule has 1 unspecified atom stereocenters. The fourth-order valence-corrected chi connectivity index (χ4v) is 2.98. The highest BCUT2D eigenvalue weighted by molar-refractivity contribution is 5.90. The summed E-state index contributed by atoms with van der Waals surface area (Å²) in [4.78, 5) is 26.5. The Labute approximate surface area is 120 Å². The maximum atomic E-state index is 12.4. The van der Waals surface area contributed by atoms with Gasteiger partial charge in [-0.25, -0.2) is 0 Å². The van der Waals surface area contributed by atoms with E-state index in [2.05, 4.69) is 5.32 Å². The van der Waals surface area contributed by atoms with Gasteiger partial charge >= 0.3 is 0 Å².